The molecule has 2 rings (SSSR count). The van der Waals surface area contributed by atoms with Gasteiger partial charge in [0.1, 0.15) is 6.04 Å². The van der Waals surface area contributed by atoms with Crippen molar-refractivity contribution in [2.75, 3.05) is 25.1 Å². The molecule has 1 heterocycles. The van der Waals surface area contributed by atoms with Crippen molar-refractivity contribution < 1.29 is 24.6 Å². The lowest BCUT2D eigenvalue weighted by Crippen LogP contribution is -2.55. The Morgan fingerprint density at radius 3 is 2.41 bits per heavy atom. The summed E-state index contributed by atoms with van der Waals surface area (Å²) < 4.78 is 0. The van der Waals surface area contributed by atoms with Crippen LogP contribution in [0.5, 0.6) is 0 Å². The number of likely N-dealkylation sites (tertiary alicyclic amines) is 1. The lowest BCUT2D eigenvalue weighted by Gasteiger charge is -2.37. The summed E-state index contributed by atoms with van der Waals surface area (Å²) in [6, 6.07) is 8.66. The first-order valence-corrected chi connectivity index (χ1v) is 10.3. The number of carboxylic acids is 1. The number of aliphatic carboxylic acids is 1. The van der Waals surface area contributed by atoms with Gasteiger partial charge in [0.25, 0.3) is 0 Å². The van der Waals surface area contributed by atoms with Crippen molar-refractivity contribution in [1.82, 2.24) is 10.2 Å². The van der Waals surface area contributed by atoms with Gasteiger partial charge in [-0.3, -0.25) is 9.59 Å². The molecule has 0 bridgehead atoms. The summed E-state index contributed by atoms with van der Waals surface area (Å²) in [6.45, 7) is 0.317. The number of carbonyl (C=O) groups is 3. The van der Waals surface area contributed by atoms with E-state index in [1.807, 2.05) is 36.6 Å². The molecule has 2 amide bonds. The molecule has 1 saturated heterocycles. The van der Waals surface area contributed by atoms with E-state index in [0.29, 0.717) is 6.42 Å². The number of nitrogens with one attached hydrogen (secondary N) is 1. The van der Waals surface area contributed by atoms with Gasteiger partial charge in [-0.05, 0) is 24.0 Å². The number of nitrogens with zero attached hydrogens (tertiary/aromatic N) is 1. The highest BCUT2D eigenvalue weighted by Gasteiger charge is 2.41. The van der Waals surface area contributed by atoms with E-state index in [4.69, 9.17) is 5.11 Å². The molecule has 3 N–H and O–H groups in total. The number of hydrogen-bond donors (Lipinski definition) is 3. The highest BCUT2D eigenvalue weighted by Crippen LogP contribution is 2.23. The van der Waals surface area contributed by atoms with Crippen LogP contribution in [-0.2, 0) is 20.8 Å². The molecule has 148 valence electrons. The van der Waals surface area contributed by atoms with Gasteiger partial charge in [0, 0.05) is 25.9 Å². The van der Waals surface area contributed by atoms with Crippen LogP contribution >= 0.6 is 11.8 Å². The molecule has 0 spiro atoms. The van der Waals surface area contributed by atoms with Crippen LogP contribution in [0.4, 0.5) is 0 Å². The van der Waals surface area contributed by atoms with Crippen molar-refractivity contribution in [3.8, 4) is 0 Å². The Labute approximate surface area is 163 Å². The predicted octanol–water partition coefficient (Wildman–Crippen LogP) is 0.905. The maximum Gasteiger partial charge on any atom is 0.335 e. The molecule has 0 radical (unpaired) electrons. The minimum atomic E-state index is -1.78. The third-order valence-corrected chi connectivity index (χ3v) is 5.40. The second-order valence-corrected chi connectivity index (χ2v) is 7.71. The zero-order valence-electron chi connectivity index (χ0n) is 15.4. The van der Waals surface area contributed by atoms with Crippen LogP contribution in [0.3, 0.4) is 0 Å². The van der Waals surface area contributed by atoms with E-state index < -0.39 is 17.6 Å². The molecule has 1 aliphatic heterocycles. The maximum atomic E-state index is 12.8. The van der Waals surface area contributed by atoms with E-state index in [-0.39, 0.29) is 44.2 Å². The Balaban J connectivity index is 1.97. The van der Waals surface area contributed by atoms with Crippen LogP contribution in [0.1, 0.15) is 24.8 Å². The molecule has 1 aromatic carbocycles. The van der Waals surface area contributed by atoms with Crippen LogP contribution in [0.25, 0.3) is 0 Å². The monoisotopic (exact) mass is 394 g/mol. The van der Waals surface area contributed by atoms with Crippen molar-refractivity contribution in [2.24, 2.45) is 0 Å². The second-order valence-electron chi connectivity index (χ2n) is 6.73. The third kappa shape index (κ3) is 5.97. The third-order valence-electron chi connectivity index (χ3n) is 4.75. The van der Waals surface area contributed by atoms with E-state index in [1.54, 1.807) is 11.8 Å². The van der Waals surface area contributed by atoms with E-state index in [1.165, 1.54) is 4.90 Å². The zero-order valence-corrected chi connectivity index (χ0v) is 16.2. The lowest BCUT2D eigenvalue weighted by molar-refractivity contribution is -0.165. The summed E-state index contributed by atoms with van der Waals surface area (Å²) in [5.74, 6) is -0.989. The number of piperidine rings is 1. The number of rotatable bonds is 8. The quantitative estimate of drug-likeness (QED) is 0.605. The van der Waals surface area contributed by atoms with E-state index in [9.17, 15) is 19.5 Å². The van der Waals surface area contributed by atoms with Crippen molar-refractivity contribution in [3.63, 3.8) is 0 Å². The van der Waals surface area contributed by atoms with E-state index in [2.05, 4.69) is 5.32 Å². The van der Waals surface area contributed by atoms with E-state index >= 15 is 0 Å². The molecule has 1 aromatic rings. The first kappa shape index (κ1) is 21.2. The lowest BCUT2D eigenvalue weighted by atomic mass is 9.91. The molecule has 0 aliphatic carbocycles. The molecule has 8 heteroatoms. The summed E-state index contributed by atoms with van der Waals surface area (Å²) in [5, 5.41) is 21.9. The highest BCUT2D eigenvalue weighted by atomic mass is 32.2. The maximum absolute atomic E-state index is 12.8. The molecule has 1 fully saturated rings. The SMILES string of the molecule is CSCCC(NC(=O)Cc1ccccc1)C(=O)N1CCC(O)(C(=O)O)CC1. The van der Waals surface area contributed by atoms with Gasteiger partial charge in [0.05, 0.1) is 6.42 Å². The first-order valence-electron chi connectivity index (χ1n) is 8.92. The normalized spacial score (nSPS) is 17.2. The van der Waals surface area contributed by atoms with Crippen LogP contribution in [0.2, 0.25) is 0 Å². The summed E-state index contributed by atoms with van der Waals surface area (Å²) in [6.07, 6.45) is 2.60. The number of aliphatic hydroxyl groups is 1. The highest BCUT2D eigenvalue weighted by molar-refractivity contribution is 7.98. The molecule has 0 aromatic heterocycles. The molecular weight excluding hydrogens is 368 g/mol. The number of thioether (sulfide) groups is 1. The molecule has 0 saturated carbocycles. The average molecular weight is 394 g/mol. The summed E-state index contributed by atoms with van der Waals surface area (Å²) in [4.78, 5) is 37.9. The Bertz CT molecular complexity index is 659. The second kappa shape index (κ2) is 9.75. The molecular formula is C19H26N2O5S. The summed E-state index contributed by atoms with van der Waals surface area (Å²) >= 11 is 1.59. The minimum Gasteiger partial charge on any atom is -0.479 e. The van der Waals surface area contributed by atoms with Crippen LogP contribution in [-0.4, -0.2) is 69.6 Å². The van der Waals surface area contributed by atoms with Gasteiger partial charge in [-0.2, -0.15) is 11.8 Å². The molecule has 1 atom stereocenters. The fourth-order valence-electron chi connectivity index (χ4n) is 3.05. The van der Waals surface area contributed by atoms with Crippen LogP contribution in [0, 0.1) is 0 Å². The molecule has 1 unspecified atom stereocenters. The van der Waals surface area contributed by atoms with Crippen molar-refractivity contribution >= 4 is 29.5 Å². The van der Waals surface area contributed by atoms with Gasteiger partial charge in [0.2, 0.25) is 11.8 Å². The van der Waals surface area contributed by atoms with Gasteiger partial charge in [0.15, 0.2) is 5.60 Å². The smallest absolute Gasteiger partial charge is 0.335 e. The summed E-state index contributed by atoms with van der Waals surface area (Å²) in [7, 11) is 0. The average Bonchev–Trinajstić information content (AvgIpc) is 2.66. The van der Waals surface area contributed by atoms with Gasteiger partial charge in [-0.25, -0.2) is 4.79 Å². The Hall–Kier alpha value is -2.06. The molecule has 1 aliphatic rings. The van der Waals surface area contributed by atoms with Gasteiger partial charge >= 0.3 is 5.97 Å². The van der Waals surface area contributed by atoms with Crippen molar-refractivity contribution in [2.45, 2.75) is 37.3 Å². The van der Waals surface area contributed by atoms with Crippen molar-refractivity contribution in [1.29, 1.82) is 0 Å². The fourth-order valence-corrected chi connectivity index (χ4v) is 3.52. The number of amides is 2. The zero-order chi connectivity index (χ0) is 19.9. The number of benzene rings is 1. The fraction of sp³-hybridized carbons (Fsp3) is 0.526. The summed E-state index contributed by atoms with van der Waals surface area (Å²) in [5.41, 5.74) is -0.905. The minimum absolute atomic E-state index is 0.0126. The Morgan fingerprint density at radius 2 is 1.85 bits per heavy atom. The van der Waals surface area contributed by atoms with Gasteiger partial charge < -0.3 is 20.4 Å². The molecule has 7 nitrogen and oxygen atoms in total. The number of carboxylic acid groups (broad SMARTS) is 1. The van der Waals surface area contributed by atoms with Gasteiger partial charge in [-0.15, -0.1) is 0 Å². The van der Waals surface area contributed by atoms with Crippen LogP contribution < -0.4 is 5.32 Å². The Kier molecular flexibility index (Phi) is 7.67. The Morgan fingerprint density at radius 1 is 1.22 bits per heavy atom. The number of carbonyl (C=O) groups excluding carboxylic acids is 2. The van der Waals surface area contributed by atoms with Crippen LogP contribution in [0.15, 0.2) is 30.3 Å². The van der Waals surface area contributed by atoms with Gasteiger partial charge in [-0.1, -0.05) is 30.3 Å². The van der Waals surface area contributed by atoms with Crippen molar-refractivity contribution in [3.05, 3.63) is 35.9 Å². The molecule has 27 heavy (non-hydrogen) atoms. The predicted molar refractivity (Wildman–Crippen MR) is 103 cm³/mol. The van der Waals surface area contributed by atoms with E-state index in [0.717, 1.165) is 11.3 Å². The first-order chi connectivity index (χ1) is 12.9. The number of hydrogen-bond acceptors (Lipinski definition) is 5. The largest absolute Gasteiger partial charge is 0.479 e. The standard InChI is InChI=1S/C19H26N2O5S/c1-27-12-7-15(20-16(22)13-14-5-3-2-4-6-14)17(23)21-10-8-19(26,9-11-21)18(24)25/h2-6,15,26H,7-13H2,1H3,(H,20,22)(H,24,25). The topological polar surface area (TPSA) is 107 Å².